The first-order valence-electron chi connectivity index (χ1n) is 6.95. The number of benzene rings is 1. The fraction of sp³-hybridized carbons (Fsp3) is 0.562. The first kappa shape index (κ1) is 14.1. The summed E-state index contributed by atoms with van der Waals surface area (Å²) in [7, 11) is 0. The second-order valence-electron chi connectivity index (χ2n) is 5.99. The van der Waals surface area contributed by atoms with Crippen molar-refractivity contribution in [2.75, 3.05) is 6.54 Å². The van der Waals surface area contributed by atoms with Gasteiger partial charge in [-0.3, -0.25) is 4.79 Å². The molecular formula is C16H23NO2. The van der Waals surface area contributed by atoms with E-state index < -0.39 is 11.6 Å². The Morgan fingerprint density at radius 1 is 1.47 bits per heavy atom. The highest BCUT2D eigenvalue weighted by Crippen LogP contribution is 2.29. The summed E-state index contributed by atoms with van der Waals surface area (Å²) in [6.45, 7) is 6.61. The Morgan fingerprint density at radius 3 is 2.79 bits per heavy atom. The summed E-state index contributed by atoms with van der Waals surface area (Å²) in [5.74, 6) is 0.142. The number of carbonyl (C=O) groups excluding carboxylic acids is 1. The largest absolute Gasteiger partial charge is 0.391 e. The Kier molecular flexibility index (Phi) is 3.95. The topological polar surface area (TPSA) is 40.5 Å². The minimum absolute atomic E-state index is 0.142. The van der Waals surface area contributed by atoms with Crippen LogP contribution in [-0.4, -0.2) is 34.1 Å². The van der Waals surface area contributed by atoms with Gasteiger partial charge in [-0.25, -0.2) is 0 Å². The van der Waals surface area contributed by atoms with Gasteiger partial charge in [0.25, 0.3) is 0 Å². The quantitative estimate of drug-likeness (QED) is 0.907. The monoisotopic (exact) mass is 261 g/mol. The van der Waals surface area contributed by atoms with E-state index in [4.69, 9.17) is 0 Å². The summed E-state index contributed by atoms with van der Waals surface area (Å²) in [6, 6.07) is 8.27. The standard InChI is InChI=1S/C16H23NO2/c1-12-5-4-6-13(11-12)7-8-15(19)17-10-9-14(18)16(17,2)3/h4-6,11,14,18H,7-10H2,1-3H3. The first-order valence-corrected chi connectivity index (χ1v) is 6.95. The predicted octanol–water partition coefficient (Wildman–Crippen LogP) is 2.30. The minimum Gasteiger partial charge on any atom is -0.391 e. The van der Waals surface area contributed by atoms with E-state index in [0.717, 1.165) is 6.42 Å². The van der Waals surface area contributed by atoms with Gasteiger partial charge >= 0.3 is 0 Å². The van der Waals surface area contributed by atoms with Gasteiger partial charge in [-0.1, -0.05) is 29.8 Å². The number of hydrogen-bond donors (Lipinski definition) is 1. The van der Waals surface area contributed by atoms with Crippen LogP contribution in [0.1, 0.15) is 37.8 Å². The molecule has 1 amide bonds. The number of nitrogens with zero attached hydrogens (tertiary/aromatic N) is 1. The number of amides is 1. The van der Waals surface area contributed by atoms with Gasteiger partial charge in [-0.05, 0) is 39.2 Å². The third kappa shape index (κ3) is 2.98. The van der Waals surface area contributed by atoms with Gasteiger partial charge in [0.05, 0.1) is 11.6 Å². The van der Waals surface area contributed by atoms with Gasteiger partial charge in [-0.2, -0.15) is 0 Å². The average Bonchev–Trinajstić information content (AvgIpc) is 2.61. The number of aryl methyl sites for hydroxylation is 2. The predicted molar refractivity (Wildman–Crippen MR) is 75.9 cm³/mol. The van der Waals surface area contributed by atoms with Crippen LogP contribution in [0.15, 0.2) is 24.3 Å². The molecule has 1 atom stereocenters. The van der Waals surface area contributed by atoms with Crippen molar-refractivity contribution in [1.29, 1.82) is 0 Å². The second kappa shape index (κ2) is 5.33. The van der Waals surface area contributed by atoms with Crippen LogP contribution >= 0.6 is 0 Å². The van der Waals surface area contributed by atoms with Gasteiger partial charge in [0.1, 0.15) is 0 Å². The Hall–Kier alpha value is -1.35. The molecule has 1 fully saturated rings. The Morgan fingerprint density at radius 2 is 2.21 bits per heavy atom. The van der Waals surface area contributed by atoms with Crippen molar-refractivity contribution in [3.63, 3.8) is 0 Å². The van der Waals surface area contributed by atoms with Crippen LogP contribution in [0.25, 0.3) is 0 Å². The normalized spacial score (nSPS) is 21.7. The molecule has 0 bridgehead atoms. The second-order valence-corrected chi connectivity index (χ2v) is 5.99. The number of likely N-dealkylation sites (tertiary alicyclic amines) is 1. The molecule has 19 heavy (non-hydrogen) atoms. The lowest BCUT2D eigenvalue weighted by Gasteiger charge is -2.33. The molecule has 3 nitrogen and oxygen atoms in total. The van der Waals surface area contributed by atoms with E-state index in [0.29, 0.717) is 19.4 Å². The summed E-state index contributed by atoms with van der Waals surface area (Å²) in [6.07, 6.45) is 1.56. The molecule has 1 aliphatic rings. The highest BCUT2D eigenvalue weighted by molar-refractivity contribution is 5.77. The zero-order chi connectivity index (χ0) is 14.0. The molecule has 0 radical (unpaired) electrons. The Bertz CT molecular complexity index is 468. The smallest absolute Gasteiger partial charge is 0.223 e. The molecule has 1 heterocycles. The zero-order valence-corrected chi connectivity index (χ0v) is 12.0. The van der Waals surface area contributed by atoms with Crippen molar-refractivity contribution in [2.45, 2.75) is 51.7 Å². The molecule has 1 saturated heterocycles. The van der Waals surface area contributed by atoms with Crippen molar-refractivity contribution >= 4 is 5.91 Å². The Balaban J connectivity index is 1.95. The first-order chi connectivity index (χ1) is 8.91. The Labute approximate surface area is 115 Å². The van der Waals surface area contributed by atoms with Crippen LogP contribution in [-0.2, 0) is 11.2 Å². The molecule has 0 aromatic heterocycles. The fourth-order valence-electron chi connectivity index (χ4n) is 2.77. The summed E-state index contributed by atoms with van der Waals surface area (Å²) >= 11 is 0. The van der Waals surface area contributed by atoms with Gasteiger partial charge < -0.3 is 10.0 Å². The van der Waals surface area contributed by atoms with Crippen LogP contribution in [0.2, 0.25) is 0 Å². The van der Waals surface area contributed by atoms with Crippen LogP contribution in [0.4, 0.5) is 0 Å². The third-order valence-electron chi connectivity index (χ3n) is 4.15. The minimum atomic E-state index is -0.427. The molecule has 0 aliphatic carbocycles. The molecule has 2 rings (SSSR count). The van der Waals surface area contributed by atoms with Gasteiger partial charge in [-0.15, -0.1) is 0 Å². The molecule has 3 heteroatoms. The molecule has 0 saturated carbocycles. The van der Waals surface area contributed by atoms with Crippen molar-refractivity contribution in [3.8, 4) is 0 Å². The van der Waals surface area contributed by atoms with Crippen LogP contribution in [0.3, 0.4) is 0 Å². The lowest BCUT2D eigenvalue weighted by atomic mass is 9.98. The van der Waals surface area contributed by atoms with E-state index in [1.807, 2.05) is 24.8 Å². The number of aliphatic hydroxyl groups excluding tert-OH is 1. The number of aliphatic hydroxyl groups is 1. The van der Waals surface area contributed by atoms with Gasteiger partial charge in [0.2, 0.25) is 5.91 Å². The summed E-state index contributed by atoms with van der Waals surface area (Å²) in [4.78, 5) is 14.1. The summed E-state index contributed by atoms with van der Waals surface area (Å²) < 4.78 is 0. The zero-order valence-electron chi connectivity index (χ0n) is 12.0. The van der Waals surface area contributed by atoms with E-state index in [-0.39, 0.29) is 5.91 Å². The van der Waals surface area contributed by atoms with E-state index in [2.05, 4.69) is 25.1 Å². The van der Waals surface area contributed by atoms with Gasteiger partial charge in [0.15, 0.2) is 0 Å². The SMILES string of the molecule is Cc1cccc(CCC(=O)N2CCC(O)C2(C)C)c1. The number of rotatable bonds is 3. The third-order valence-corrected chi connectivity index (χ3v) is 4.15. The lowest BCUT2D eigenvalue weighted by molar-refractivity contribution is -0.136. The number of hydrogen-bond acceptors (Lipinski definition) is 2. The maximum absolute atomic E-state index is 12.3. The maximum Gasteiger partial charge on any atom is 0.223 e. The van der Waals surface area contributed by atoms with E-state index in [1.165, 1.54) is 11.1 Å². The highest BCUT2D eigenvalue weighted by atomic mass is 16.3. The summed E-state index contributed by atoms with van der Waals surface area (Å²) in [5.41, 5.74) is 2.00. The van der Waals surface area contributed by atoms with E-state index in [9.17, 15) is 9.90 Å². The molecule has 1 aliphatic heterocycles. The van der Waals surface area contributed by atoms with Crippen molar-refractivity contribution < 1.29 is 9.90 Å². The highest BCUT2D eigenvalue weighted by Gasteiger charge is 2.42. The molecular weight excluding hydrogens is 238 g/mol. The van der Waals surface area contributed by atoms with Gasteiger partial charge in [0, 0.05) is 13.0 Å². The van der Waals surface area contributed by atoms with E-state index in [1.54, 1.807) is 0 Å². The van der Waals surface area contributed by atoms with Crippen molar-refractivity contribution in [3.05, 3.63) is 35.4 Å². The van der Waals surface area contributed by atoms with Crippen LogP contribution in [0.5, 0.6) is 0 Å². The van der Waals surface area contributed by atoms with Crippen LogP contribution < -0.4 is 0 Å². The maximum atomic E-state index is 12.3. The van der Waals surface area contributed by atoms with Crippen LogP contribution in [0, 0.1) is 6.92 Å². The van der Waals surface area contributed by atoms with Crippen molar-refractivity contribution in [1.82, 2.24) is 4.90 Å². The molecule has 0 spiro atoms. The lowest BCUT2D eigenvalue weighted by Crippen LogP contribution is -2.48. The molecule has 1 aromatic carbocycles. The number of carbonyl (C=O) groups is 1. The molecule has 1 aromatic rings. The summed E-state index contributed by atoms with van der Waals surface area (Å²) in [5, 5.41) is 9.90. The molecule has 104 valence electrons. The van der Waals surface area contributed by atoms with Crippen molar-refractivity contribution in [2.24, 2.45) is 0 Å². The molecule has 1 N–H and O–H groups in total. The average molecular weight is 261 g/mol. The van der Waals surface area contributed by atoms with E-state index >= 15 is 0 Å². The fourth-order valence-corrected chi connectivity index (χ4v) is 2.77. The molecule has 1 unspecified atom stereocenters.